The van der Waals surface area contributed by atoms with Gasteiger partial charge in [-0.15, -0.1) is 0 Å². The Balaban J connectivity index is 2.50. The number of nitrogens with zero attached hydrogens (tertiary/aromatic N) is 1. The molecule has 2 rings (SSSR count). The molecule has 8 heteroatoms. The van der Waals surface area contributed by atoms with Crippen LogP contribution in [0.3, 0.4) is 0 Å². The number of aliphatic carboxylic acids is 1. The lowest BCUT2D eigenvalue weighted by molar-refractivity contribution is -0.135. The second-order valence-electron chi connectivity index (χ2n) is 4.34. The average Bonchev–Trinajstić information content (AvgIpc) is 2.46. The summed E-state index contributed by atoms with van der Waals surface area (Å²) in [6, 6.07) is 11.4. The molecule has 2 aromatic rings. The molecule has 116 valence electrons. The Hall–Kier alpha value is -1.76. The van der Waals surface area contributed by atoms with E-state index in [1.54, 1.807) is 0 Å². The summed E-state index contributed by atoms with van der Waals surface area (Å²) in [4.78, 5) is 11.0. The minimum atomic E-state index is -4.03. The van der Waals surface area contributed by atoms with E-state index >= 15 is 0 Å². The van der Waals surface area contributed by atoms with Crippen LogP contribution in [0.25, 0.3) is 0 Å². The molecule has 0 aliphatic rings. The Labute approximate surface area is 137 Å². The number of anilines is 1. The molecule has 0 saturated heterocycles. The standard InChI is InChI=1S/C14H11Cl2NO4S/c15-10-1-5-12(6-2-10)17(9-14(18)19)22(20,21)13-7-3-11(16)4-8-13/h1-8H,9H2,(H,18,19). The van der Waals surface area contributed by atoms with Crippen molar-refractivity contribution < 1.29 is 18.3 Å². The average molecular weight is 360 g/mol. The van der Waals surface area contributed by atoms with Crippen LogP contribution in [0.4, 0.5) is 5.69 Å². The van der Waals surface area contributed by atoms with Crippen molar-refractivity contribution in [1.29, 1.82) is 0 Å². The fraction of sp³-hybridized carbons (Fsp3) is 0.0714. The van der Waals surface area contributed by atoms with Crippen LogP contribution in [0.2, 0.25) is 10.0 Å². The molecule has 5 nitrogen and oxygen atoms in total. The summed E-state index contributed by atoms with van der Waals surface area (Å²) in [7, 11) is -4.03. The number of hydrogen-bond donors (Lipinski definition) is 1. The molecule has 0 fully saturated rings. The summed E-state index contributed by atoms with van der Waals surface area (Å²) >= 11 is 11.5. The van der Waals surface area contributed by atoms with Gasteiger partial charge in [-0.2, -0.15) is 0 Å². The molecule has 0 aliphatic heterocycles. The summed E-state index contributed by atoms with van der Waals surface area (Å²) in [6.45, 7) is -0.702. The van der Waals surface area contributed by atoms with Crippen molar-refractivity contribution in [3.8, 4) is 0 Å². The van der Waals surface area contributed by atoms with Crippen LogP contribution in [-0.4, -0.2) is 26.0 Å². The number of hydrogen-bond acceptors (Lipinski definition) is 3. The Morgan fingerprint density at radius 2 is 1.41 bits per heavy atom. The fourth-order valence-corrected chi connectivity index (χ4v) is 3.45. The van der Waals surface area contributed by atoms with Crippen LogP contribution < -0.4 is 4.31 Å². The zero-order valence-corrected chi connectivity index (χ0v) is 13.4. The number of sulfonamides is 1. The van der Waals surface area contributed by atoms with Gasteiger partial charge in [-0.25, -0.2) is 8.42 Å². The van der Waals surface area contributed by atoms with Crippen molar-refractivity contribution in [1.82, 2.24) is 0 Å². The Morgan fingerprint density at radius 1 is 0.955 bits per heavy atom. The maximum Gasteiger partial charge on any atom is 0.324 e. The molecule has 22 heavy (non-hydrogen) atoms. The molecule has 0 heterocycles. The quantitative estimate of drug-likeness (QED) is 0.888. The Bertz CT molecular complexity index is 773. The number of carbonyl (C=O) groups is 1. The van der Waals surface area contributed by atoms with Crippen molar-refractivity contribution in [3.63, 3.8) is 0 Å². The largest absolute Gasteiger partial charge is 0.480 e. The maximum absolute atomic E-state index is 12.7. The van der Waals surface area contributed by atoms with Gasteiger partial charge in [-0.1, -0.05) is 23.2 Å². The highest BCUT2D eigenvalue weighted by Gasteiger charge is 2.27. The molecule has 1 N–H and O–H groups in total. The number of rotatable bonds is 5. The van der Waals surface area contributed by atoms with Gasteiger partial charge in [-0.05, 0) is 48.5 Å². The van der Waals surface area contributed by atoms with Crippen molar-refractivity contribution in [2.45, 2.75) is 4.90 Å². The molecule has 0 bridgehead atoms. The summed E-state index contributed by atoms with van der Waals surface area (Å²) < 4.78 is 26.1. The lowest BCUT2D eigenvalue weighted by atomic mass is 10.3. The van der Waals surface area contributed by atoms with Gasteiger partial charge in [0, 0.05) is 10.0 Å². The first-order valence-corrected chi connectivity index (χ1v) is 8.26. The van der Waals surface area contributed by atoms with Gasteiger partial charge < -0.3 is 5.11 Å². The lowest BCUT2D eigenvalue weighted by Gasteiger charge is -2.22. The SMILES string of the molecule is O=C(O)CN(c1ccc(Cl)cc1)S(=O)(=O)c1ccc(Cl)cc1. The first-order chi connectivity index (χ1) is 10.3. The molecule has 0 amide bonds. The lowest BCUT2D eigenvalue weighted by Crippen LogP contribution is -2.35. The first-order valence-electron chi connectivity index (χ1n) is 6.06. The summed E-state index contributed by atoms with van der Waals surface area (Å²) in [6.07, 6.45) is 0. The van der Waals surface area contributed by atoms with E-state index in [-0.39, 0.29) is 10.6 Å². The monoisotopic (exact) mass is 359 g/mol. The van der Waals surface area contributed by atoms with Crippen molar-refractivity contribution in [2.75, 3.05) is 10.8 Å². The van der Waals surface area contributed by atoms with Gasteiger partial charge in [0.15, 0.2) is 0 Å². The van der Waals surface area contributed by atoms with Gasteiger partial charge in [0.2, 0.25) is 0 Å². The molecular formula is C14H11Cl2NO4S. The van der Waals surface area contributed by atoms with Crippen LogP contribution >= 0.6 is 23.2 Å². The molecule has 0 spiro atoms. The van der Waals surface area contributed by atoms with Crippen molar-refractivity contribution in [2.24, 2.45) is 0 Å². The van der Waals surface area contributed by atoms with E-state index in [1.807, 2.05) is 0 Å². The zero-order valence-electron chi connectivity index (χ0n) is 11.1. The highest BCUT2D eigenvalue weighted by atomic mass is 35.5. The van der Waals surface area contributed by atoms with Gasteiger partial charge in [0.05, 0.1) is 10.6 Å². The van der Waals surface area contributed by atoms with Crippen LogP contribution in [-0.2, 0) is 14.8 Å². The van der Waals surface area contributed by atoms with E-state index in [4.69, 9.17) is 28.3 Å². The highest BCUT2D eigenvalue weighted by molar-refractivity contribution is 7.92. The van der Waals surface area contributed by atoms with E-state index in [2.05, 4.69) is 0 Å². The number of carboxylic acid groups (broad SMARTS) is 1. The summed E-state index contributed by atoms with van der Waals surface area (Å²) in [5.74, 6) is -1.27. The number of carboxylic acids is 1. The van der Waals surface area contributed by atoms with E-state index in [0.717, 1.165) is 4.31 Å². The molecule has 2 aromatic carbocycles. The van der Waals surface area contributed by atoms with Gasteiger partial charge in [0.25, 0.3) is 10.0 Å². The van der Waals surface area contributed by atoms with Crippen LogP contribution in [0.5, 0.6) is 0 Å². The van der Waals surface area contributed by atoms with Crippen LogP contribution in [0.15, 0.2) is 53.4 Å². The van der Waals surface area contributed by atoms with Crippen LogP contribution in [0.1, 0.15) is 0 Å². The van der Waals surface area contributed by atoms with E-state index in [9.17, 15) is 13.2 Å². The molecule has 0 radical (unpaired) electrons. The van der Waals surface area contributed by atoms with Crippen molar-refractivity contribution >= 4 is 44.9 Å². The predicted octanol–water partition coefficient (Wildman–Crippen LogP) is 3.27. The third kappa shape index (κ3) is 3.71. The Kier molecular flexibility index (Phi) is 4.95. The first kappa shape index (κ1) is 16.6. The summed E-state index contributed by atoms with van der Waals surface area (Å²) in [5, 5.41) is 9.80. The van der Waals surface area contributed by atoms with Gasteiger partial charge in [-0.3, -0.25) is 9.10 Å². The third-order valence-corrected chi connectivity index (χ3v) is 5.09. The molecule has 0 aliphatic carbocycles. The van der Waals surface area contributed by atoms with Gasteiger partial charge >= 0.3 is 5.97 Å². The smallest absolute Gasteiger partial charge is 0.324 e. The second kappa shape index (κ2) is 6.56. The maximum atomic E-state index is 12.7. The van der Waals surface area contributed by atoms with Gasteiger partial charge in [0.1, 0.15) is 6.54 Å². The van der Waals surface area contributed by atoms with E-state index in [1.165, 1.54) is 48.5 Å². The molecular weight excluding hydrogens is 349 g/mol. The van der Waals surface area contributed by atoms with Crippen molar-refractivity contribution in [3.05, 3.63) is 58.6 Å². The molecule has 0 atom stereocenters. The minimum Gasteiger partial charge on any atom is -0.480 e. The minimum absolute atomic E-state index is 0.0481. The second-order valence-corrected chi connectivity index (χ2v) is 7.07. The number of benzene rings is 2. The fourth-order valence-electron chi connectivity index (χ4n) is 1.78. The normalized spacial score (nSPS) is 11.2. The number of halogens is 2. The van der Waals surface area contributed by atoms with Crippen LogP contribution in [0, 0.1) is 0 Å². The Morgan fingerprint density at radius 3 is 1.86 bits per heavy atom. The van der Waals surface area contributed by atoms with E-state index < -0.39 is 22.5 Å². The topological polar surface area (TPSA) is 74.7 Å². The van der Waals surface area contributed by atoms with E-state index in [0.29, 0.717) is 10.0 Å². The summed E-state index contributed by atoms with van der Waals surface area (Å²) in [5.41, 5.74) is 0.210. The highest BCUT2D eigenvalue weighted by Crippen LogP contribution is 2.25. The molecule has 0 aromatic heterocycles. The third-order valence-electron chi connectivity index (χ3n) is 2.80. The molecule has 0 saturated carbocycles. The zero-order chi connectivity index (χ0) is 16.3. The predicted molar refractivity (Wildman–Crippen MR) is 85.1 cm³/mol. The molecule has 0 unspecified atom stereocenters.